The van der Waals surface area contributed by atoms with Gasteiger partial charge in [-0.1, -0.05) is 63.2 Å². The van der Waals surface area contributed by atoms with Crippen LogP contribution in [0.5, 0.6) is 5.75 Å². The summed E-state index contributed by atoms with van der Waals surface area (Å²) < 4.78 is 67.8. The Bertz CT molecular complexity index is 1770. The first kappa shape index (κ1) is 29.9. The van der Waals surface area contributed by atoms with E-state index < -0.39 is 44.6 Å². The van der Waals surface area contributed by atoms with E-state index in [2.05, 4.69) is 0 Å². The summed E-state index contributed by atoms with van der Waals surface area (Å²) in [6.07, 6.45) is -5.00. The van der Waals surface area contributed by atoms with Gasteiger partial charge in [-0.25, -0.2) is 8.42 Å². The lowest BCUT2D eigenvalue weighted by atomic mass is 9.84. The van der Waals surface area contributed by atoms with Crippen LogP contribution in [0.1, 0.15) is 42.3 Å². The number of nitrogens with zero attached hydrogens (tertiary/aromatic N) is 3. The number of aromatic nitrogens is 2. The van der Waals surface area contributed by atoms with Gasteiger partial charge in [-0.15, -0.1) is 0 Å². The molecule has 0 unspecified atom stereocenters. The normalized spacial score (nSPS) is 12.6. The Morgan fingerprint density at radius 1 is 0.951 bits per heavy atom. The van der Waals surface area contributed by atoms with Crippen LogP contribution < -0.4 is 9.92 Å². The minimum absolute atomic E-state index is 0.0106. The molecular weight excluding hydrogens is 557 g/mol. The van der Waals surface area contributed by atoms with Gasteiger partial charge < -0.3 is 14.2 Å². The molecule has 0 saturated carbocycles. The SMILES string of the molecule is CN(c1cc(C(=O)Cn2c(=N)n(Cc3ccccc3)c3ccccc32)cc(C(C)(C)C)c1O)S(=O)(=O)CC(F)(F)F. The number of phenolic OH excluding ortho intramolecular Hbond substituents is 1. The Labute approximate surface area is 235 Å². The number of alkyl halides is 3. The number of nitrogens with one attached hydrogen (secondary N) is 1. The third-order valence-electron chi connectivity index (χ3n) is 6.78. The number of rotatable bonds is 8. The second-order valence-electron chi connectivity index (χ2n) is 10.9. The molecule has 0 saturated heterocycles. The number of phenols is 1. The largest absolute Gasteiger partial charge is 0.505 e. The van der Waals surface area contributed by atoms with E-state index in [1.54, 1.807) is 37.5 Å². The zero-order valence-corrected chi connectivity index (χ0v) is 23.8. The highest BCUT2D eigenvalue weighted by molar-refractivity contribution is 7.92. The summed E-state index contributed by atoms with van der Waals surface area (Å²) in [6, 6.07) is 19.3. The smallest absolute Gasteiger partial charge is 0.404 e. The number of sulfonamides is 1. The van der Waals surface area contributed by atoms with E-state index in [9.17, 15) is 31.5 Å². The lowest BCUT2D eigenvalue weighted by Crippen LogP contribution is -2.35. The second kappa shape index (κ2) is 10.7. The molecule has 8 nitrogen and oxygen atoms in total. The molecule has 4 aromatic rings. The molecule has 0 spiro atoms. The molecule has 3 aromatic carbocycles. The zero-order valence-electron chi connectivity index (χ0n) is 23.0. The summed E-state index contributed by atoms with van der Waals surface area (Å²) in [6.45, 7) is 5.25. The average molecular weight is 589 g/mol. The number of anilines is 1. The fraction of sp³-hybridized carbons (Fsp3) is 0.310. The van der Waals surface area contributed by atoms with Crippen LogP contribution in [-0.4, -0.2) is 47.4 Å². The van der Waals surface area contributed by atoms with Crippen molar-refractivity contribution in [2.24, 2.45) is 0 Å². The van der Waals surface area contributed by atoms with Crippen molar-refractivity contribution in [3.8, 4) is 5.75 Å². The number of benzene rings is 3. The number of halogens is 3. The molecule has 4 rings (SSSR count). The molecule has 0 bridgehead atoms. The number of Topliss-reactive ketones (excluding diaryl/α,β-unsaturated/α-hetero) is 1. The first-order valence-electron chi connectivity index (χ1n) is 12.7. The zero-order chi connectivity index (χ0) is 30.3. The molecule has 1 heterocycles. The van der Waals surface area contributed by atoms with Gasteiger partial charge in [0.15, 0.2) is 11.5 Å². The molecule has 0 fully saturated rings. The lowest BCUT2D eigenvalue weighted by Gasteiger charge is -2.27. The number of para-hydroxylation sites is 2. The van der Waals surface area contributed by atoms with Crippen LogP contribution in [0.4, 0.5) is 18.9 Å². The third kappa shape index (κ3) is 6.32. The Balaban J connectivity index is 1.80. The summed E-state index contributed by atoms with van der Waals surface area (Å²) in [5, 5.41) is 19.8. The van der Waals surface area contributed by atoms with E-state index in [1.807, 2.05) is 42.5 Å². The summed E-state index contributed by atoms with van der Waals surface area (Å²) in [5.41, 5.74) is 1.33. The van der Waals surface area contributed by atoms with E-state index >= 15 is 0 Å². The van der Waals surface area contributed by atoms with Gasteiger partial charge >= 0.3 is 6.18 Å². The molecule has 41 heavy (non-hydrogen) atoms. The Kier molecular flexibility index (Phi) is 7.83. The third-order valence-corrected chi connectivity index (χ3v) is 8.51. The Morgan fingerprint density at radius 2 is 1.51 bits per heavy atom. The Hall–Kier alpha value is -4.06. The predicted octanol–water partition coefficient (Wildman–Crippen LogP) is 5.18. The highest BCUT2D eigenvalue weighted by Gasteiger charge is 2.38. The predicted molar refractivity (Wildman–Crippen MR) is 151 cm³/mol. The van der Waals surface area contributed by atoms with Gasteiger partial charge in [0.05, 0.1) is 29.8 Å². The van der Waals surface area contributed by atoms with Crippen molar-refractivity contribution >= 4 is 32.5 Å². The number of hydrogen-bond acceptors (Lipinski definition) is 5. The van der Waals surface area contributed by atoms with Gasteiger partial charge in [0.25, 0.3) is 0 Å². The van der Waals surface area contributed by atoms with E-state index in [1.165, 1.54) is 10.6 Å². The first-order chi connectivity index (χ1) is 19.0. The fourth-order valence-electron chi connectivity index (χ4n) is 4.66. The molecule has 12 heteroatoms. The van der Waals surface area contributed by atoms with Gasteiger partial charge in [0.2, 0.25) is 15.6 Å². The highest BCUT2D eigenvalue weighted by atomic mass is 32.2. The van der Waals surface area contributed by atoms with Crippen molar-refractivity contribution in [2.45, 2.75) is 45.5 Å². The van der Waals surface area contributed by atoms with Crippen LogP contribution in [0.15, 0.2) is 66.7 Å². The van der Waals surface area contributed by atoms with Crippen molar-refractivity contribution in [1.82, 2.24) is 9.13 Å². The summed E-state index contributed by atoms with van der Waals surface area (Å²) in [5.74, 6) is -3.17. The summed E-state index contributed by atoms with van der Waals surface area (Å²) in [4.78, 5) is 13.7. The van der Waals surface area contributed by atoms with Crippen LogP contribution in [0.3, 0.4) is 0 Å². The molecule has 1 aromatic heterocycles. The van der Waals surface area contributed by atoms with Crippen molar-refractivity contribution in [3.05, 3.63) is 89.0 Å². The number of fused-ring (bicyclic) bond motifs is 1. The fourth-order valence-corrected chi connectivity index (χ4v) is 5.71. The topological polar surface area (TPSA) is 108 Å². The van der Waals surface area contributed by atoms with E-state index in [-0.39, 0.29) is 23.3 Å². The van der Waals surface area contributed by atoms with E-state index in [0.717, 1.165) is 24.2 Å². The summed E-state index contributed by atoms with van der Waals surface area (Å²) in [7, 11) is -4.01. The van der Waals surface area contributed by atoms with Crippen molar-refractivity contribution in [2.75, 3.05) is 17.1 Å². The molecule has 0 aliphatic carbocycles. The molecule has 0 radical (unpaired) electrons. The molecule has 218 valence electrons. The minimum atomic E-state index is -5.00. The molecule has 0 atom stereocenters. The number of aromatic hydroxyl groups is 1. The molecular formula is C29H31F3N4O4S. The van der Waals surface area contributed by atoms with Crippen molar-refractivity contribution < 1.29 is 31.5 Å². The van der Waals surface area contributed by atoms with Crippen LogP contribution >= 0.6 is 0 Å². The van der Waals surface area contributed by atoms with Gasteiger partial charge in [0.1, 0.15) is 5.75 Å². The average Bonchev–Trinajstić information content (AvgIpc) is 3.13. The van der Waals surface area contributed by atoms with Crippen molar-refractivity contribution in [1.29, 1.82) is 5.41 Å². The van der Waals surface area contributed by atoms with Crippen LogP contribution in [0, 0.1) is 5.41 Å². The maximum absolute atomic E-state index is 13.7. The molecule has 0 aliphatic rings. The van der Waals surface area contributed by atoms with Crippen LogP contribution in [0.25, 0.3) is 11.0 Å². The highest BCUT2D eigenvalue weighted by Crippen LogP contribution is 2.40. The summed E-state index contributed by atoms with van der Waals surface area (Å²) >= 11 is 0. The molecule has 0 amide bonds. The van der Waals surface area contributed by atoms with Gasteiger partial charge in [-0.2, -0.15) is 13.2 Å². The molecule has 2 N–H and O–H groups in total. The second-order valence-corrected chi connectivity index (χ2v) is 12.9. The minimum Gasteiger partial charge on any atom is -0.505 e. The lowest BCUT2D eigenvalue weighted by molar-refractivity contribution is -0.106. The van der Waals surface area contributed by atoms with E-state index in [4.69, 9.17) is 5.41 Å². The standard InChI is InChI=1S/C29H31F3N4O4S/c1-28(2,3)21-14-20(15-24(26(21)38)34(4)41(39,40)18-29(30,31)32)25(37)17-36-23-13-9-8-12-22(23)35(27(36)33)16-19-10-6-5-7-11-19/h5-15,33,38H,16-18H2,1-4H3. The van der Waals surface area contributed by atoms with Gasteiger partial charge in [0, 0.05) is 18.2 Å². The van der Waals surface area contributed by atoms with Crippen LogP contribution in [0.2, 0.25) is 0 Å². The van der Waals surface area contributed by atoms with Crippen LogP contribution in [-0.2, 0) is 28.5 Å². The van der Waals surface area contributed by atoms with Gasteiger partial charge in [-0.05, 0) is 35.2 Å². The number of carbonyl (C=O) groups is 1. The maximum Gasteiger partial charge on any atom is 0.404 e. The number of ketones is 1. The number of hydrogen-bond donors (Lipinski definition) is 2. The monoisotopic (exact) mass is 588 g/mol. The van der Waals surface area contributed by atoms with Gasteiger partial charge in [-0.3, -0.25) is 14.5 Å². The van der Waals surface area contributed by atoms with Crippen molar-refractivity contribution in [3.63, 3.8) is 0 Å². The van der Waals surface area contributed by atoms with E-state index in [0.29, 0.717) is 16.4 Å². The maximum atomic E-state index is 13.7. The molecule has 0 aliphatic heterocycles. The quantitative estimate of drug-likeness (QED) is 0.277. The first-order valence-corrected chi connectivity index (χ1v) is 14.3. The number of carbonyl (C=O) groups excluding carboxylic acids is 1. The number of imidazole rings is 1. The Morgan fingerprint density at radius 3 is 2.07 bits per heavy atom.